The fourth-order valence-electron chi connectivity index (χ4n) is 2.62. The first-order valence-electron chi connectivity index (χ1n) is 7.20. The van der Waals surface area contributed by atoms with Crippen LogP contribution in [-0.4, -0.2) is 61.7 Å². The van der Waals surface area contributed by atoms with Gasteiger partial charge in [-0.05, 0) is 31.7 Å². The van der Waals surface area contributed by atoms with E-state index >= 15 is 0 Å². The molecule has 1 aromatic rings. The van der Waals surface area contributed by atoms with Gasteiger partial charge < -0.3 is 4.90 Å². The number of hydrogen-bond donors (Lipinski definition) is 0. The fourth-order valence-corrected chi connectivity index (χ4v) is 4.68. The number of nitrogens with zero attached hydrogens (tertiary/aromatic N) is 2. The summed E-state index contributed by atoms with van der Waals surface area (Å²) in [4.78, 5) is 14.0. The second kappa shape index (κ2) is 7.02. The van der Waals surface area contributed by atoms with E-state index < -0.39 is 10.0 Å². The van der Waals surface area contributed by atoms with Crippen LogP contribution in [0.3, 0.4) is 0 Å². The molecule has 7 heteroatoms. The number of benzene rings is 1. The van der Waals surface area contributed by atoms with Crippen LogP contribution in [0.2, 0.25) is 0 Å². The standard InChI is InChI=1S/C15H22N2O3S2/c1-12-4-5-14(13(2)10-12)22(19,20)17-8-6-16(7-9-17)15(18)11-21-3/h4-5,10H,6-9,11H2,1-3H3. The maximum absolute atomic E-state index is 12.7. The van der Waals surface area contributed by atoms with Crippen molar-refractivity contribution in [3.05, 3.63) is 29.3 Å². The van der Waals surface area contributed by atoms with E-state index in [0.717, 1.165) is 11.1 Å². The largest absolute Gasteiger partial charge is 0.339 e. The van der Waals surface area contributed by atoms with Crippen LogP contribution in [0, 0.1) is 13.8 Å². The van der Waals surface area contributed by atoms with E-state index in [-0.39, 0.29) is 5.91 Å². The molecule has 5 nitrogen and oxygen atoms in total. The van der Waals surface area contributed by atoms with E-state index in [4.69, 9.17) is 0 Å². The molecule has 0 aliphatic carbocycles. The number of carbonyl (C=O) groups is 1. The minimum absolute atomic E-state index is 0.0797. The van der Waals surface area contributed by atoms with E-state index in [1.165, 1.54) is 16.1 Å². The number of carbonyl (C=O) groups excluding carboxylic acids is 1. The number of amides is 1. The molecule has 1 fully saturated rings. The van der Waals surface area contributed by atoms with Gasteiger partial charge in [0.05, 0.1) is 10.6 Å². The number of thioether (sulfide) groups is 1. The van der Waals surface area contributed by atoms with Crippen molar-refractivity contribution in [3.63, 3.8) is 0 Å². The minimum Gasteiger partial charge on any atom is -0.339 e. The lowest BCUT2D eigenvalue weighted by Crippen LogP contribution is -2.51. The van der Waals surface area contributed by atoms with Gasteiger partial charge in [0, 0.05) is 26.2 Å². The molecule has 1 aromatic carbocycles. The molecule has 1 aliphatic rings. The highest BCUT2D eigenvalue weighted by Crippen LogP contribution is 2.22. The van der Waals surface area contributed by atoms with Crippen molar-refractivity contribution in [1.82, 2.24) is 9.21 Å². The van der Waals surface area contributed by atoms with Crippen LogP contribution in [-0.2, 0) is 14.8 Å². The molecule has 1 amide bonds. The molecule has 0 spiro atoms. The molecular formula is C15H22N2O3S2. The molecule has 0 atom stereocenters. The molecule has 1 heterocycles. The lowest BCUT2D eigenvalue weighted by Gasteiger charge is -2.34. The molecular weight excluding hydrogens is 320 g/mol. The summed E-state index contributed by atoms with van der Waals surface area (Å²) in [6, 6.07) is 5.37. The summed E-state index contributed by atoms with van der Waals surface area (Å²) in [5, 5.41) is 0. The molecule has 122 valence electrons. The SMILES string of the molecule is CSCC(=O)N1CCN(S(=O)(=O)c2ccc(C)cc2C)CC1. The first-order chi connectivity index (χ1) is 10.4. The number of rotatable bonds is 4. The van der Waals surface area contributed by atoms with Crippen molar-refractivity contribution in [1.29, 1.82) is 0 Å². The summed E-state index contributed by atoms with van der Waals surface area (Å²) < 4.78 is 27.0. The molecule has 0 saturated carbocycles. The van der Waals surface area contributed by atoms with Crippen LogP contribution >= 0.6 is 11.8 Å². The summed E-state index contributed by atoms with van der Waals surface area (Å²) >= 11 is 1.49. The van der Waals surface area contributed by atoms with Gasteiger partial charge in [0.15, 0.2) is 0 Å². The third kappa shape index (κ3) is 3.64. The van der Waals surface area contributed by atoms with Crippen molar-refractivity contribution in [2.45, 2.75) is 18.7 Å². The van der Waals surface area contributed by atoms with Gasteiger partial charge in [0.2, 0.25) is 15.9 Å². The highest BCUT2D eigenvalue weighted by atomic mass is 32.2. The quantitative estimate of drug-likeness (QED) is 0.832. The Hall–Kier alpha value is -1.05. The normalized spacial score (nSPS) is 16.8. The van der Waals surface area contributed by atoms with Gasteiger partial charge in [-0.1, -0.05) is 17.7 Å². The predicted octanol–water partition coefficient (Wildman–Crippen LogP) is 1.50. The third-order valence-corrected chi connectivity index (χ3v) is 6.40. The van der Waals surface area contributed by atoms with E-state index in [1.54, 1.807) is 11.0 Å². The first-order valence-corrected chi connectivity index (χ1v) is 10.0. The highest BCUT2D eigenvalue weighted by Gasteiger charge is 2.30. The van der Waals surface area contributed by atoms with Crippen LogP contribution in [0.25, 0.3) is 0 Å². The summed E-state index contributed by atoms with van der Waals surface area (Å²) in [7, 11) is -3.48. The van der Waals surface area contributed by atoms with Crippen molar-refractivity contribution in [2.24, 2.45) is 0 Å². The molecule has 0 N–H and O–H groups in total. The van der Waals surface area contributed by atoms with Gasteiger partial charge in [-0.25, -0.2) is 8.42 Å². The van der Waals surface area contributed by atoms with E-state index in [9.17, 15) is 13.2 Å². The number of hydrogen-bond acceptors (Lipinski definition) is 4. The summed E-state index contributed by atoms with van der Waals surface area (Å²) in [5.74, 6) is 0.528. The average molecular weight is 342 g/mol. The summed E-state index contributed by atoms with van der Waals surface area (Å²) in [5.41, 5.74) is 1.81. The van der Waals surface area contributed by atoms with Crippen molar-refractivity contribution >= 4 is 27.7 Å². The Morgan fingerprint density at radius 1 is 1.18 bits per heavy atom. The zero-order valence-corrected chi connectivity index (χ0v) is 14.8. The molecule has 2 rings (SSSR count). The van der Waals surface area contributed by atoms with Crippen LogP contribution in [0.1, 0.15) is 11.1 Å². The van der Waals surface area contributed by atoms with Crippen LogP contribution in [0.4, 0.5) is 0 Å². The topological polar surface area (TPSA) is 57.7 Å². The second-order valence-corrected chi connectivity index (χ2v) is 8.26. The Kier molecular flexibility index (Phi) is 5.52. The van der Waals surface area contributed by atoms with Gasteiger partial charge >= 0.3 is 0 Å². The minimum atomic E-state index is -3.48. The van der Waals surface area contributed by atoms with Crippen LogP contribution in [0.15, 0.2) is 23.1 Å². The number of piperazine rings is 1. The van der Waals surface area contributed by atoms with Gasteiger partial charge in [-0.3, -0.25) is 4.79 Å². The molecule has 22 heavy (non-hydrogen) atoms. The molecule has 1 aliphatic heterocycles. The first kappa shape index (κ1) is 17.3. The molecule has 1 saturated heterocycles. The van der Waals surface area contributed by atoms with Crippen molar-refractivity contribution in [3.8, 4) is 0 Å². The average Bonchev–Trinajstić information content (AvgIpc) is 2.47. The fraction of sp³-hybridized carbons (Fsp3) is 0.533. The summed E-state index contributed by atoms with van der Waals surface area (Å²) in [6.07, 6.45) is 1.89. The van der Waals surface area contributed by atoms with Crippen molar-refractivity contribution < 1.29 is 13.2 Å². The zero-order chi connectivity index (χ0) is 16.3. The monoisotopic (exact) mass is 342 g/mol. The maximum Gasteiger partial charge on any atom is 0.243 e. The lowest BCUT2D eigenvalue weighted by atomic mass is 10.2. The second-order valence-electron chi connectivity index (χ2n) is 5.49. The van der Waals surface area contributed by atoms with Gasteiger partial charge in [0.1, 0.15) is 0 Å². The van der Waals surface area contributed by atoms with Gasteiger partial charge in [-0.15, -0.1) is 0 Å². The molecule has 0 aromatic heterocycles. The Morgan fingerprint density at radius 2 is 1.82 bits per heavy atom. The Bertz CT molecular complexity index is 651. The Morgan fingerprint density at radius 3 is 2.36 bits per heavy atom. The highest BCUT2D eigenvalue weighted by molar-refractivity contribution is 7.99. The van der Waals surface area contributed by atoms with Crippen LogP contribution in [0.5, 0.6) is 0 Å². The zero-order valence-electron chi connectivity index (χ0n) is 13.2. The Balaban J connectivity index is 2.11. The van der Waals surface area contributed by atoms with E-state index in [0.29, 0.717) is 36.8 Å². The maximum atomic E-state index is 12.7. The van der Waals surface area contributed by atoms with E-state index in [2.05, 4.69) is 0 Å². The molecule has 0 radical (unpaired) electrons. The number of aryl methyl sites for hydroxylation is 2. The van der Waals surface area contributed by atoms with Crippen molar-refractivity contribution in [2.75, 3.05) is 38.2 Å². The third-order valence-electron chi connectivity index (χ3n) is 3.81. The predicted molar refractivity (Wildman–Crippen MR) is 89.6 cm³/mol. The van der Waals surface area contributed by atoms with Gasteiger partial charge in [0.25, 0.3) is 0 Å². The summed E-state index contributed by atoms with van der Waals surface area (Å²) in [6.45, 7) is 5.40. The van der Waals surface area contributed by atoms with Crippen LogP contribution < -0.4 is 0 Å². The molecule has 0 bridgehead atoms. The lowest BCUT2D eigenvalue weighted by molar-refractivity contribution is -0.129. The van der Waals surface area contributed by atoms with E-state index in [1.807, 2.05) is 32.2 Å². The molecule has 0 unspecified atom stereocenters. The Labute approximate surface area is 136 Å². The van der Waals surface area contributed by atoms with Gasteiger partial charge in [-0.2, -0.15) is 16.1 Å². The number of sulfonamides is 1. The smallest absolute Gasteiger partial charge is 0.243 e.